The minimum atomic E-state index is -0.457. The summed E-state index contributed by atoms with van der Waals surface area (Å²) in [5.41, 5.74) is 0.613. The van der Waals surface area contributed by atoms with Crippen molar-refractivity contribution < 1.29 is 19.1 Å². The van der Waals surface area contributed by atoms with Gasteiger partial charge in [0.05, 0.1) is 24.2 Å². The van der Waals surface area contributed by atoms with Crippen LogP contribution < -0.4 is 10.1 Å². The van der Waals surface area contributed by atoms with Crippen LogP contribution in [-0.4, -0.2) is 44.0 Å². The lowest BCUT2D eigenvalue weighted by Crippen LogP contribution is -2.56. The van der Waals surface area contributed by atoms with Crippen molar-refractivity contribution in [2.24, 2.45) is 0 Å². The predicted molar refractivity (Wildman–Crippen MR) is 77.9 cm³/mol. The molecule has 1 aromatic rings. The second-order valence-electron chi connectivity index (χ2n) is 4.82. The van der Waals surface area contributed by atoms with E-state index >= 15 is 0 Å². The van der Waals surface area contributed by atoms with Crippen LogP contribution in [0.3, 0.4) is 0 Å². The third-order valence-electron chi connectivity index (χ3n) is 3.63. The maximum absolute atomic E-state index is 11.0. The first-order valence-electron chi connectivity index (χ1n) is 6.84. The van der Waals surface area contributed by atoms with Crippen LogP contribution >= 0.6 is 0 Å². The highest BCUT2D eigenvalue weighted by Crippen LogP contribution is 2.33. The van der Waals surface area contributed by atoms with Gasteiger partial charge in [-0.25, -0.2) is 0 Å². The van der Waals surface area contributed by atoms with Gasteiger partial charge in [0, 0.05) is 25.5 Å². The van der Waals surface area contributed by atoms with Crippen molar-refractivity contribution in [3.63, 3.8) is 0 Å². The first-order chi connectivity index (χ1) is 10.1. The maximum atomic E-state index is 11.0. The molecule has 2 rings (SSSR count). The van der Waals surface area contributed by atoms with Crippen LogP contribution in [0.5, 0.6) is 5.75 Å². The second-order valence-corrected chi connectivity index (χ2v) is 4.82. The van der Waals surface area contributed by atoms with E-state index in [4.69, 9.17) is 14.2 Å². The van der Waals surface area contributed by atoms with E-state index in [0.29, 0.717) is 12.3 Å². The molecular weight excluding hydrogens is 276 g/mol. The van der Waals surface area contributed by atoms with E-state index in [1.165, 1.54) is 13.2 Å². The van der Waals surface area contributed by atoms with Gasteiger partial charge in [0.15, 0.2) is 5.75 Å². The van der Waals surface area contributed by atoms with Gasteiger partial charge in [-0.15, -0.1) is 0 Å². The zero-order valence-corrected chi connectivity index (χ0v) is 12.4. The van der Waals surface area contributed by atoms with Gasteiger partial charge in [0.2, 0.25) is 0 Å². The van der Waals surface area contributed by atoms with Gasteiger partial charge in [-0.05, 0) is 25.5 Å². The van der Waals surface area contributed by atoms with Crippen molar-refractivity contribution in [2.75, 3.05) is 26.1 Å². The fourth-order valence-electron chi connectivity index (χ4n) is 2.55. The summed E-state index contributed by atoms with van der Waals surface area (Å²) in [4.78, 5) is 10.6. The van der Waals surface area contributed by atoms with Crippen LogP contribution in [0.4, 0.5) is 11.4 Å². The highest BCUT2D eigenvalue weighted by atomic mass is 16.6. The Labute approximate surface area is 123 Å². The van der Waals surface area contributed by atoms with Crippen LogP contribution in [0.25, 0.3) is 0 Å². The Morgan fingerprint density at radius 2 is 2.19 bits per heavy atom. The molecule has 3 atom stereocenters. The Kier molecular flexibility index (Phi) is 4.98. The standard InChI is InChI=1S/C14H20N2O5/c1-4-21-13-8-10(14(13)20-3)15-9-5-6-12(19-2)11(7-9)16(17)18/h5-7,10,13-15H,4,8H2,1-3H3. The molecular formula is C14H20N2O5. The van der Waals surface area contributed by atoms with Gasteiger partial charge >= 0.3 is 5.69 Å². The monoisotopic (exact) mass is 296 g/mol. The number of nitrogens with zero attached hydrogens (tertiary/aromatic N) is 1. The molecule has 0 amide bonds. The lowest BCUT2D eigenvalue weighted by molar-refractivity contribution is -0.385. The topological polar surface area (TPSA) is 82.9 Å². The normalized spacial score (nSPS) is 24.2. The summed E-state index contributed by atoms with van der Waals surface area (Å²) in [6.07, 6.45) is 0.837. The summed E-state index contributed by atoms with van der Waals surface area (Å²) in [6, 6.07) is 4.90. The summed E-state index contributed by atoms with van der Waals surface area (Å²) in [6.45, 7) is 2.59. The highest BCUT2D eigenvalue weighted by molar-refractivity contribution is 5.59. The Bertz CT molecular complexity index is 508. The zero-order chi connectivity index (χ0) is 15.4. The summed E-state index contributed by atoms with van der Waals surface area (Å²) < 4.78 is 16.0. The number of hydrogen-bond acceptors (Lipinski definition) is 6. The molecule has 1 N–H and O–H groups in total. The molecule has 0 heterocycles. The Morgan fingerprint density at radius 1 is 1.43 bits per heavy atom. The Balaban J connectivity index is 2.07. The van der Waals surface area contributed by atoms with Crippen molar-refractivity contribution in [3.05, 3.63) is 28.3 Å². The van der Waals surface area contributed by atoms with E-state index in [-0.39, 0.29) is 29.7 Å². The van der Waals surface area contributed by atoms with Crippen molar-refractivity contribution in [1.82, 2.24) is 0 Å². The molecule has 1 saturated carbocycles. The molecule has 1 fully saturated rings. The fourth-order valence-corrected chi connectivity index (χ4v) is 2.55. The van der Waals surface area contributed by atoms with E-state index in [2.05, 4.69) is 5.32 Å². The number of benzene rings is 1. The number of anilines is 1. The molecule has 0 bridgehead atoms. The van der Waals surface area contributed by atoms with Crippen LogP contribution in [0.1, 0.15) is 13.3 Å². The number of nitro benzene ring substituents is 1. The molecule has 1 aromatic carbocycles. The summed E-state index contributed by atoms with van der Waals surface area (Å²) >= 11 is 0. The molecule has 0 spiro atoms. The highest BCUT2D eigenvalue weighted by Gasteiger charge is 2.42. The first-order valence-corrected chi connectivity index (χ1v) is 6.84. The first kappa shape index (κ1) is 15.5. The number of ether oxygens (including phenoxy) is 3. The maximum Gasteiger partial charge on any atom is 0.312 e. The number of nitrogens with one attached hydrogen (secondary N) is 1. The van der Waals surface area contributed by atoms with Crippen LogP contribution in [0.2, 0.25) is 0 Å². The third kappa shape index (κ3) is 3.25. The fraction of sp³-hybridized carbons (Fsp3) is 0.571. The number of methoxy groups -OCH3 is 2. The minimum absolute atomic E-state index is 0.0499. The van der Waals surface area contributed by atoms with Gasteiger partial charge < -0.3 is 19.5 Å². The number of hydrogen-bond donors (Lipinski definition) is 1. The molecule has 0 radical (unpaired) electrons. The molecule has 0 aliphatic heterocycles. The number of nitro groups is 1. The Morgan fingerprint density at radius 3 is 2.76 bits per heavy atom. The SMILES string of the molecule is CCOC1CC(Nc2ccc(OC)c([N+](=O)[O-])c2)C1OC. The van der Waals surface area contributed by atoms with E-state index in [0.717, 1.165) is 6.42 Å². The molecule has 116 valence electrons. The average molecular weight is 296 g/mol. The second kappa shape index (κ2) is 6.73. The summed E-state index contributed by atoms with van der Waals surface area (Å²) in [7, 11) is 3.05. The van der Waals surface area contributed by atoms with Crippen molar-refractivity contribution in [2.45, 2.75) is 31.6 Å². The van der Waals surface area contributed by atoms with Crippen molar-refractivity contribution >= 4 is 11.4 Å². The zero-order valence-electron chi connectivity index (χ0n) is 12.4. The van der Waals surface area contributed by atoms with Crippen LogP contribution in [0, 0.1) is 10.1 Å². The number of rotatable bonds is 7. The molecule has 0 aromatic heterocycles. The van der Waals surface area contributed by atoms with E-state index < -0.39 is 4.92 Å². The third-order valence-corrected chi connectivity index (χ3v) is 3.63. The molecule has 7 heteroatoms. The largest absolute Gasteiger partial charge is 0.490 e. The van der Waals surface area contributed by atoms with Gasteiger partial charge in [-0.2, -0.15) is 0 Å². The van der Waals surface area contributed by atoms with E-state index in [1.807, 2.05) is 6.92 Å². The van der Waals surface area contributed by atoms with E-state index in [9.17, 15) is 10.1 Å². The molecule has 0 saturated heterocycles. The van der Waals surface area contributed by atoms with Crippen LogP contribution in [-0.2, 0) is 9.47 Å². The lowest BCUT2D eigenvalue weighted by atomic mass is 9.85. The van der Waals surface area contributed by atoms with Crippen molar-refractivity contribution in [1.29, 1.82) is 0 Å². The Hall–Kier alpha value is -1.86. The molecule has 21 heavy (non-hydrogen) atoms. The smallest absolute Gasteiger partial charge is 0.312 e. The summed E-state index contributed by atoms with van der Waals surface area (Å²) in [5, 5.41) is 14.3. The van der Waals surface area contributed by atoms with Gasteiger partial charge in [0.1, 0.15) is 6.10 Å². The summed E-state index contributed by atoms with van der Waals surface area (Å²) in [5.74, 6) is 0.245. The molecule has 7 nitrogen and oxygen atoms in total. The van der Waals surface area contributed by atoms with Gasteiger partial charge in [0.25, 0.3) is 0 Å². The molecule has 3 unspecified atom stereocenters. The average Bonchev–Trinajstić information content (AvgIpc) is 2.46. The van der Waals surface area contributed by atoms with Crippen molar-refractivity contribution in [3.8, 4) is 5.75 Å². The quantitative estimate of drug-likeness (QED) is 0.613. The minimum Gasteiger partial charge on any atom is -0.490 e. The molecule has 1 aliphatic carbocycles. The van der Waals surface area contributed by atoms with Crippen LogP contribution in [0.15, 0.2) is 18.2 Å². The predicted octanol–water partition coefficient (Wildman–Crippen LogP) is 2.21. The lowest BCUT2D eigenvalue weighted by Gasteiger charge is -2.43. The van der Waals surface area contributed by atoms with Gasteiger partial charge in [-0.1, -0.05) is 0 Å². The van der Waals surface area contributed by atoms with E-state index in [1.54, 1.807) is 19.2 Å². The molecule has 1 aliphatic rings. The van der Waals surface area contributed by atoms with Gasteiger partial charge in [-0.3, -0.25) is 10.1 Å².